The van der Waals surface area contributed by atoms with Gasteiger partial charge in [0.1, 0.15) is 42.0 Å². The van der Waals surface area contributed by atoms with Crippen molar-refractivity contribution >= 4 is 53.2 Å². The Balaban J connectivity index is 3.33. The van der Waals surface area contributed by atoms with Crippen LogP contribution in [0.4, 0.5) is 0 Å². The summed E-state index contributed by atoms with van der Waals surface area (Å²) in [7, 11) is 0. The summed E-state index contributed by atoms with van der Waals surface area (Å²) in [5.41, 5.74) is 11.1. The molecule has 0 spiro atoms. The second-order valence-corrected chi connectivity index (χ2v) is 13.9. The van der Waals surface area contributed by atoms with E-state index in [4.69, 9.17) is 11.5 Å². The summed E-state index contributed by atoms with van der Waals surface area (Å²) in [4.78, 5) is 115. The maximum absolute atomic E-state index is 13.6. The molecular formula is C35H55N9O16. The van der Waals surface area contributed by atoms with Gasteiger partial charge in [-0.3, -0.25) is 38.4 Å². The van der Waals surface area contributed by atoms with Gasteiger partial charge >= 0.3 is 5.97 Å². The van der Waals surface area contributed by atoms with E-state index >= 15 is 0 Å². The average Bonchev–Trinajstić information content (AvgIpc) is 3.14. The Hall–Kier alpha value is -5.99. The smallest absolute Gasteiger partial charge is 0.328 e. The lowest BCUT2D eigenvalue weighted by atomic mass is 10.0. The van der Waals surface area contributed by atoms with E-state index in [9.17, 15) is 78.9 Å². The standard InChI is InChI=1S/C35H55N9O16/c1-13(36)28(52)40-22(12-45)31(55)41-25(15(3)47)33(57)43-26(16(4)48)34(58)42-24(14(2)46)32(56)39-21(11-23(37)51)29(53)38-20(10-18-6-8-19(50)9-7-18)30(54)44-27(17(5)49)35(59)60/h6-9,13-17,20-22,24-27,45-50H,10-12,36H2,1-5H3,(H2,37,51)(H,38,53)(H,39,56)(H,40,52)(H,41,55)(H,42,58)(H,43,57)(H,44,54)(H,59,60)/t13-,14?,15+,16+,17+,20-,21-,22-,24-,25-,26-,27-/m0/s1. The fourth-order valence-electron chi connectivity index (χ4n) is 5.12. The number of aliphatic carboxylic acids is 1. The van der Waals surface area contributed by atoms with Crippen molar-refractivity contribution in [1.29, 1.82) is 0 Å². The molecule has 0 bridgehead atoms. The molecule has 0 fully saturated rings. The highest BCUT2D eigenvalue weighted by Gasteiger charge is 2.38. The first-order valence-electron chi connectivity index (χ1n) is 18.3. The van der Waals surface area contributed by atoms with Crippen LogP contribution in [0, 0.1) is 0 Å². The molecule has 18 N–H and O–H groups in total. The van der Waals surface area contributed by atoms with E-state index in [2.05, 4.69) is 37.2 Å². The van der Waals surface area contributed by atoms with E-state index < -0.39 is 139 Å². The topological polar surface area (TPSA) is 431 Å². The Labute approximate surface area is 343 Å². The van der Waals surface area contributed by atoms with Gasteiger partial charge in [0.2, 0.25) is 47.3 Å². The molecule has 0 radical (unpaired) electrons. The normalized spacial score (nSPS) is 17.1. The van der Waals surface area contributed by atoms with Crippen LogP contribution in [0.5, 0.6) is 5.75 Å². The largest absolute Gasteiger partial charge is 0.508 e. The summed E-state index contributed by atoms with van der Waals surface area (Å²) in [6.45, 7) is 4.53. The lowest BCUT2D eigenvalue weighted by Crippen LogP contribution is -2.64. The molecule has 60 heavy (non-hydrogen) atoms. The molecule has 0 aromatic heterocycles. The lowest BCUT2D eigenvalue weighted by Gasteiger charge is -2.29. The minimum Gasteiger partial charge on any atom is -0.508 e. The van der Waals surface area contributed by atoms with Gasteiger partial charge in [0.25, 0.3) is 0 Å². The SMILES string of the molecule is CC(O)[C@H](NC(=O)[C@@H](NC(=O)[C@@H](NC(=O)[C@H](CO)NC(=O)[C@H](C)N)[C@@H](C)O)[C@@H](C)O)C(=O)N[C@@H](CC(N)=O)C(=O)N[C@@H](Cc1ccc(O)cc1)C(=O)N[C@H](C(=O)O)[C@@H](C)O. The Bertz CT molecular complexity index is 1690. The minimum absolute atomic E-state index is 0.152. The molecule has 25 heteroatoms. The number of carboxylic acid groups (broad SMARTS) is 1. The molecule has 1 unspecified atom stereocenters. The van der Waals surface area contributed by atoms with Crippen LogP contribution in [0.15, 0.2) is 24.3 Å². The molecule has 336 valence electrons. The van der Waals surface area contributed by atoms with E-state index in [1.165, 1.54) is 31.2 Å². The van der Waals surface area contributed by atoms with Gasteiger partial charge in [0.05, 0.1) is 43.5 Å². The number of nitrogens with two attached hydrogens (primary N) is 2. The van der Waals surface area contributed by atoms with Crippen molar-refractivity contribution in [2.45, 2.75) is 120 Å². The van der Waals surface area contributed by atoms with E-state index in [1.807, 2.05) is 0 Å². The van der Waals surface area contributed by atoms with Crippen LogP contribution in [0.3, 0.4) is 0 Å². The first kappa shape index (κ1) is 52.0. The number of carbonyl (C=O) groups excluding carboxylic acids is 8. The van der Waals surface area contributed by atoms with Crippen LogP contribution in [-0.2, 0) is 49.6 Å². The first-order valence-corrected chi connectivity index (χ1v) is 18.3. The second-order valence-electron chi connectivity index (χ2n) is 13.9. The zero-order valence-corrected chi connectivity index (χ0v) is 33.3. The molecular weight excluding hydrogens is 802 g/mol. The number of phenols is 1. The van der Waals surface area contributed by atoms with Crippen molar-refractivity contribution < 1.29 is 78.9 Å². The predicted molar refractivity (Wildman–Crippen MR) is 204 cm³/mol. The Morgan fingerprint density at radius 3 is 1.27 bits per heavy atom. The highest BCUT2D eigenvalue weighted by atomic mass is 16.4. The minimum atomic E-state index is -2.00. The molecule has 0 saturated carbocycles. The molecule has 0 heterocycles. The highest BCUT2D eigenvalue weighted by Crippen LogP contribution is 2.13. The summed E-state index contributed by atoms with van der Waals surface area (Å²) in [5, 5.41) is 84.5. The third kappa shape index (κ3) is 16.7. The van der Waals surface area contributed by atoms with E-state index in [0.717, 1.165) is 27.7 Å². The maximum atomic E-state index is 13.6. The summed E-state index contributed by atoms with van der Waals surface area (Å²) in [6.07, 6.45) is -8.10. The van der Waals surface area contributed by atoms with Crippen LogP contribution in [0.1, 0.15) is 46.6 Å². The molecule has 1 aromatic carbocycles. The van der Waals surface area contributed by atoms with E-state index in [-0.39, 0.29) is 12.2 Å². The number of carbonyl (C=O) groups is 9. The van der Waals surface area contributed by atoms with Gasteiger partial charge in [-0.05, 0) is 52.3 Å². The molecule has 0 aliphatic rings. The molecule has 0 aliphatic heterocycles. The summed E-state index contributed by atoms with van der Waals surface area (Å²) >= 11 is 0. The molecule has 0 aliphatic carbocycles. The lowest BCUT2D eigenvalue weighted by molar-refractivity contribution is -0.145. The Kier molecular flexibility index (Phi) is 21.0. The molecule has 1 rings (SSSR count). The number of amides is 8. The number of hydrogen-bond donors (Lipinski definition) is 16. The summed E-state index contributed by atoms with van der Waals surface area (Å²) < 4.78 is 0. The van der Waals surface area contributed by atoms with Crippen molar-refractivity contribution in [1.82, 2.24) is 37.2 Å². The number of phenolic OH excluding ortho intramolecular Hbond substituents is 1. The molecule has 1 aromatic rings. The van der Waals surface area contributed by atoms with E-state index in [1.54, 1.807) is 0 Å². The Morgan fingerprint density at radius 1 is 0.533 bits per heavy atom. The summed E-state index contributed by atoms with van der Waals surface area (Å²) in [6, 6.07) is -8.69. The number of hydrogen-bond acceptors (Lipinski definition) is 16. The van der Waals surface area contributed by atoms with Gasteiger partial charge in [0, 0.05) is 6.42 Å². The van der Waals surface area contributed by atoms with Crippen LogP contribution in [0.25, 0.3) is 0 Å². The van der Waals surface area contributed by atoms with Crippen molar-refractivity contribution in [2.75, 3.05) is 6.61 Å². The number of aromatic hydroxyl groups is 1. The quantitative estimate of drug-likeness (QED) is 0.0459. The van der Waals surface area contributed by atoms with Gasteiger partial charge < -0.3 is 84.4 Å². The average molecular weight is 858 g/mol. The number of carboxylic acids is 1. The van der Waals surface area contributed by atoms with Gasteiger partial charge in [-0.1, -0.05) is 12.1 Å². The number of benzene rings is 1. The second kappa shape index (κ2) is 24.2. The third-order valence-electron chi connectivity index (χ3n) is 8.51. The predicted octanol–water partition coefficient (Wildman–Crippen LogP) is -7.85. The zero-order chi connectivity index (χ0) is 46.2. The number of primary amides is 1. The third-order valence-corrected chi connectivity index (χ3v) is 8.51. The van der Waals surface area contributed by atoms with Crippen LogP contribution in [-0.4, -0.2) is 168 Å². The maximum Gasteiger partial charge on any atom is 0.328 e. The fourth-order valence-corrected chi connectivity index (χ4v) is 5.12. The van der Waals surface area contributed by atoms with Crippen molar-refractivity contribution in [3.63, 3.8) is 0 Å². The first-order chi connectivity index (χ1) is 27.8. The molecule has 25 nitrogen and oxygen atoms in total. The van der Waals surface area contributed by atoms with Crippen LogP contribution < -0.4 is 48.7 Å². The number of nitrogens with one attached hydrogen (secondary N) is 7. The van der Waals surface area contributed by atoms with Crippen molar-refractivity contribution in [3.05, 3.63) is 29.8 Å². The van der Waals surface area contributed by atoms with Gasteiger partial charge in [-0.25, -0.2) is 4.79 Å². The monoisotopic (exact) mass is 857 g/mol. The van der Waals surface area contributed by atoms with Gasteiger partial charge in [-0.15, -0.1) is 0 Å². The van der Waals surface area contributed by atoms with E-state index in [0.29, 0.717) is 5.56 Å². The summed E-state index contributed by atoms with van der Waals surface area (Å²) in [5.74, 6) is -11.3. The van der Waals surface area contributed by atoms with Crippen molar-refractivity contribution in [3.8, 4) is 5.75 Å². The van der Waals surface area contributed by atoms with Crippen LogP contribution in [0.2, 0.25) is 0 Å². The number of rotatable bonds is 24. The van der Waals surface area contributed by atoms with Gasteiger partial charge in [0.15, 0.2) is 6.04 Å². The molecule has 12 atom stereocenters. The Morgan fingerprint density at radius 2 is 0.883 bits per heavy atom. The fraction of sp³-hybridized carbons (Fsp3) is 0.571. The molecule has 8 amide bonds. The zero-order valence-electron chi connectivity index (χ0n) is 33.3. The van der Waals surface area contributed by atoms with Crippen LogP contribution >= 0.6 is 0 Å². The number of aliphatic hydroxyl groups excluding tert-OH is 5. The number of aliphatic hydroxyl groups is 5. The van der Waals surface area contributed by atoms with Crippen molar-refractivity contribution in [2.24, 2.45) is 11.5 Å². The van der Waals surface area contributed by atoms with Gasteiger partial charge in [-0.2, -0.15) is 0 Å². The molecule has 0 saturated heterocycles. The highest BCUT2D eigenvalue weighted by molar-refractivity contribution is 5.99.